The molecule has 0 aromatic carbocycles. The first-order valence-corrected chi connectivity index (χ1v) is 4.41. The van der Waals surface area contributed by atoms with Gasteiger partial charge in [0.1, 0.15) is 12.4 Å². The van der Waals surface area contributed by atoms with Crippen molar-refractivity contribution in [2.45, 2.75) is 6.92 Å². The van der Waals surface area contributed by atoms with Crippen LogP contribution in [0.25, 0.3) is 0 Å². The zero-order valence-corrected chi connectivity index (χ0v) is 8.39. The molecule has 0 spiro atoms. The van der Waals surface area contributed by atoms with E-state index in [9.17, 15) is 4.79 Å². The number of esters is 1. The van der Waals surface area contributed by atoms with Crippen molar-refractivity contribution in [1.29, 1.82) is 0 Å². The van der Waals surface area contributed by atoms with Crippen LogP contribution in [-0.2, 0) is 14.3 Å². The van der Waals surface area contributed by atoms with E-state index in [1.807, 2.05) is 0 Å². The van der Waals surface area contributed by atoms with E-state index >= 15 is 0 Å². The molecule has 0 saturated carbocycles. The largest absolute Gasteiger partial charge is 0.492 e. The molecule has 0 aromatic heterocycles. The van der Waals surface area contributed by atoms with Gasteiger partial charge in [-0.25, -0.2) is 4.79 Å². The van der Waals surface area contributed by atoms with Gasteiger partial charge in [0.15, 0.2) is 0 Å². The van der Waals surface area contributed by atoms with E-state index in [0.29, 0.717) is 19.1 Å². The minimum Gasteiger partial charge on any atom is -0.492 e. The first-order chi connectivity index (χ1) is 6.13. The molecule has 74 valence electrons. The van der Waals surface area contributed by atoms with Crippen molar-refractivity contribution in [2.24, 2.45) is 0 Å². The van der Waals surface area contributed by atoms with E-state index in [-0.39, 0.29) is 11.3 Å². The molecule has 0 saturated heterocycles. The molecule has 0 unspecified atom stereocenters. The van der Waals surface area contributed by atoms with Crippen LogP contribution in [0.3, 0.4) is 0 Å². The second-order valence-electron chi connectivity index (χ2n) is 2.16. The Labute approximate surface area is 83.0 Å². The third kappa shape index (κ3) is 4.58. The third-order valence-electron chi connectivity index (χ3n) is 1.21. The van der Waals surface area contributed by atoms with Crippen LogP contribution in [0.2, 0.25) is 0 Å². The van der Waals surface area contributed by atoms with E-state index in [1.54, 1.807) is 6.92 Å². The van der Waals surface area contributed by atoms with Gasteiger partial charge in [-0.05, 0) is 6.92 Å². The maximum atomic E-state index is 11.1. The summed E-state index contributed by atoms with van der Waals surface area (Å²) in [4.78, 5) is 11.1. The quantitative estimate of drug-likeness (QED) is 0.218. The minimum absolute atomic E-state index is 0.131. The van der Waals surface area contributed by atoms with E-state index in [4.69, 9.17) is 21.1 Å². The molecule has 0 N–H and O–H groups in total. The lowest BCUT2D eigenvalue weighted by Crippen LogP contribution is -2.10. The normalized spacial score (nSPS) is 9.08. The number of hydrogen-bond acceptors (Lipinski definition) is 3. The van der Waals surface area contributed by atoms with Crippen molar-refractivity contribution in [3.63, 3.8) is 0 Å². The van der Waals surface area contributed by atoms with Crippen LogP contribution < -0.4 is 0 Å². The van der Waals surface area contributed by atoms with Gasteiger partial charge in [0, 0.05) is 0 Å². The average molecular weight is 205 g/mol. The molecule has 0 aromatic rings. The monoisotopic (exact) mass is 204 g/mol. The molecule has 0 atom stereocenters. The highest BCUT2D eigenvalue weighted by Gasteiger charge is 2.11. The van der Waals surface area contributed by atoms with Gasteiger partial charge in [0.25, 0.3) is 0 Å². The van der Waals surface area contributed by atoms with Gasteiger partial charge in [-0.2, -0.15) is 0 Å². The first-order valence-electron chi connectivity index (χ1n) is 3.87. The zero-order valence-electron chi connectivity index (χ0n) is 7.64. The predicted octanol–water partition coefficient (Wildman–Crippen LogP) is 1.87. The van der Waals surface area contributed by atoms with Crippen LogP contribution in [0.15, 0.2) is 24.5 Å². The molecule has 4 heteroatoms. The number of ether oxygens (including phenoxy) is 2. The van der Waals surface area contributed by atoms with Crippen LogP contribution in [0, 0.1) is 0 Å². The average Bonchev–Trinajstić information content (AvgIpc) is 2.13. The highest BCUT2D eigenvalue weighted by Crippen LogP contribution is 2.08. The summed E-state index contributed by atoms with van der Waals surface area (Å²) in [5, 5.41) is 0. The zero-order chi connectivity index (χ0) is 10.3. The molecule has 0 radical (unpaired) electrons. The standard InChI is InChI=1S/C9H13ClO3/c1-4-12-9(11)7(2)8(3)13-6-5-10/h2-6H2,1H3. The van der Waals surface area contributed by atoms with Gasteiger partial charge < -0.3 is 9.47 Å². The summed E-state index contributed by atoms with van der Waals surface area (Å²) in [6.07, 6.45) is 0. The molecule has 0 bridgehead atoms. The summed E-state index contributed by atoms with van der Waals surface area (Å²) in [7, 11) is 0. The minimum atomic E-state index is -0.512. The van der Waals surface area contributed by atoms with E-state index < -0.39 is 5.97 Å². The second-order valence-corrected chi connectivity index (χ2v) is 2.54. The van der Waals surface area contributed by atoms with Crippen LogP contribution in [0.1, 0.15) is 6.92 Å². The van der Waals surface area contributed by atoms with Crippen molar-refractivity contribution >= 4 is 17.6 Å². The summed E-state index contributed by atoms with van der Waals surface area (Å²) < 4.78 is 9.69. The Morgan fingerprint density at radius 1 is 1.38 bits per heavy atom. The number of halogens is 1. The molecule has 0 amide bonds. The number of carbonyl (C=O) groups is 1. The number of rotatable bonds is 6. The molecule has 0 aliphatic heterocycles. The Bertz CT molecular complexity index is 211. The number of alkyl halides is 1. The predicted molar refractivity (Wildman–Crippen MR) is 51.6 cm³/mol. The Morgan fingerprint density at radius 2 is 2.00 bits per heavy atom. The SMILES string of the molecule is C=C(OCCCl)C(=C)C(=O)OCC. The Balaban J connectivity index is 3.95. The fourth-order valence-electron chi connectivity index (χ4n) is 0.581. The Hall–Kier alpha value is -0.960. The molecule has 0 heterocycles. The summed E-state index contributed by atoms with van der Waals surface area (Å²) in [6, 6.07) is 0. The van der Waals surface area contributed by atoms with Crippen molar-refractivity contribution in [2.75, 3.05) is 19.1 Å². The second kappa shape index (κ2) is 6.54. The topological polar surface area (TPSA) is 35.5 Å². The highest BCUT2D eigenvalue weighted by atomic mass is 35.5. The molecule has 13 heavy (non-hydrogen) atoms. The Morgan fingerprint density at radius 3 is 2.46 bits per heavy atom. The summed E-state index contributed by atoms with van der Waals surface area (Å²) in [6.45, 7) is 9.32. The van der Waals surface area contributed by atoms with Gasteiger partial charge in [0.2, 0.25) is 0 Å². The van der Waals surface area contributed by atoms with Gasteiger partial charge in [-0.15, -0.1) is 11.6 Å². The third-order valence-corrected chi connectivity index (χ3v) is 1.37. The number of carbonyl (C=O) groups excluding carboxylic acids is 1. The first kappa shape index (κ1) is 12.0. The van der Waals surface area contributed by atoms with Gasteiger partial charge in [-0.3, -0.25) is 0 Å². The molecular weight excluding hydrogens is 192 g/mol. The molecule has 0 aliphatic rings. The lowest BCUT2D eigenvalue weighted by atomic mass is 10.3. The lowest BCUT2D eigenvalue weighted by Gasteiger charge is -2.08. The summed E-state index contributed by atoms with van der Waals surface area (Å²) in [5.41, 5.74) is 0.131. The van der Waals surface area contributed by atoms with Gasteiger partial charge in [-0.1, -0.05) is 13.2 Å². The fourth-order valence-corrected chi connectivity index (χ4v) is 0.658. The van der Waals surface area contributed by atoms with Crippen LogP contribution in [-0.4, -0.2) is 25.1 Å². The van der Waals surface area contributed by atoms with Crippen molar-refractivity contribution in [1.82, 2.24) is 0 Å². The van der Waals surface area contributed by atoms with E-state index in [0.717, 1.165) is 0 Å². The smallest absolute Gasteiger partial charge is 0.341 e. The lowest BCUT2D eigenvalue weighted by molar-refractivity contribution is -0.138. The van der Waals surface area contributed by atoms with Crippen LogP contribution in [0.4, 0.5) is 0 Å². The number of hydrogen-bond donors (Lipinski definition) is 0. The van der Waals surface area contributed by atoms with Crippen molar-refractivity contribution in [3.8, 4) is 0 Å². The van der Waals surface area contributed by atoms with E-state index in [1.165, 1.54) is 0 Å². The molecule has 0 aliphatic carbocycles. The van der Waals surface area contributed by atoms with Crippen LogP contribution >= 0.6 is 11.6 Å². The molecule has 3 nitrogen and oxygen atoms in total. The maximum absolute atomic E-state index is 11.1. The van der Waals surface area contributed by atoms with Crippen molar-refractivity contribution in [3.05, 3.63) is 24.5 Å². The van der Waals surface area contributed by atoms with Gasteiger partial charge >= 0.3 is 5.97 Å². The highest BCUT2D eigenvalue weighted by molar-refractivity contribution is 6.18. The Kier molecular flexibility index (Phi) is 6.06. The molecular formula is C9H13ClO3. The summed E-state index contributed by atoms with van der Waals surface area (Å²) in [5.74, 6) is 0.0379. The summed E-state index contributed by atoms with van der Waals surface area (Å²) >= 11 is 5.38. The van der Waals surface area contributed by atoms with E-state index in [2.05, 4.69) is 13.2 Å². The maximum Gasteiger partial charge on any atom is 0.341 e. The van der Waals surface area contributed by atoms with Crippen LogP contribution in [0.5, 0.6) is 0 Å². The molecule has 0 rings (SSSR count). The fraction of sp³-hybridized carbons (Fsp3) is 0.444. The molecule has 0 fully saturated rings. The van der Waals surface area contributed by atoms with Gasteiger partial charge in [0.05, 0.1) is 18.1 Å². The van der Waals surface area contributed by atoms with Crippen molar-refractivity contribution < 1.29 is 14.3 Å².